The first kappa shape index (κ1) is 16.3. The number of ether oxygens (including phenoxy) is 3. The minimum Gasteiger partial charge on any atom is -0.496 e. The predicted molar refractivity (Wildman–Crippen MR) is 82.2 cm³/mol. The summed E-state index contributed by atoms with van der Waals surface area (Å²) in [5.74, 6) is -0.0385. The van der Waals surface area contributed by atoms with Gasteiger partial charge in [-0.15, -0.1) is 0 Å². The Hall–Kier alpha value is -3.09. The zero-order valence-electron chi connectivity index (χ0n) is 12.6. The second-order valence-electron chi connectivity index (χ2n) is 4.44. The number of esters is 1. The summed E-state index contributed by atoms with van der Waals surface area (Å²) >= 11 is 0. The van der Waals surface area contributed by atoms with Gasteiger partial charge >= 0.3 is 11.7 Å². The predicted octanol–water partition coefficient (Wildman–Crippen LogP) is 3.22. The molecule has 0 saturated carbocycles. The fourth-order valence-corrected chi connectivity index (χ4v) is 1.89. The molecule has 0 aliphatic carbocycles. The monoisotopic (exact) mass is 317 g/mol. The van der Waals surface area contributed by atoms with E-state index in [0.29, 0.717) is 18.1 Å². The SMILES string of the molecule is CCOc1cccc(C(=O)Oc2ccc(OC)cc2[N+](=O)[O-])c1. The van der Waals surface area contributed by atoms with Crippen molar-refractivity contribution in [2.24, 2.45) is 0 Å². The lowest BCUT2D eigenvalue weighted by molar-refractivity contribution is -0.385. The van der Waals surface area contributed by atoms with Crippen molar-refractivity contribution in [3.05, 3.63) is 58.1 Å². The minimum absolute atomic E-state index is 0.150. The smallest absolute Gasteiger partial charge is 0.343 e. The summed E-state index contributed by atoms with van der Waals surface area (Å²) < 4.78 is 15.4. The average molecular weight is 317 g/mol. The molecule has 120 valence electrons. The van der Waals surface area contributed by atoms with Crippen molar-refractivity contribution in [1.29, 1.82) is 0 Å². The molecule has 23 heavy (non-hydrogen) atoms. The van der Waals surface area contributed by atoms with Crippen LogP contribution in [0.5, 0.6) is 17.2 Å². The Morgan fingerprint density at radius 1 is 1.17 bits per heavy atom. The number of rotatable bonds is 6. The molecule has 2 aromatic carbocycles. The van der Waals surface area contributed by atoms with Gasteiger partial charge in [0.25, 0.3) is 0 Å². The number of nitro groups is 1. The Morgan fingerprint density at radius 2 is 1.96 bits per heavy atom. The standard InChI is InChI=1S/C16H15NO6/c1-3-22-13-6-4-5-11(9-13)16(18)23-15-8-7-12(21-2)10-14(15)17(19)20/h4-10H,3H2,1-2H3. The van der Waals surface area contributed by atoms with Crippen molar-refractivity contribution in [2.75, 3.05) is 13.7 Å². The van der Waals surface area contributed by atoms with Crippen LogP contribution in [0.3, 0.4) is 0 Å². The highest BCUT2D eigenvalue weighted by atomic mass is 16.6. The van der Waals surface area contributed by atoms with Gasteiger partial charge in [0.15, 0.2) is 0 Å². The van der Waals surface area contributed by atoms with Gasteiger partial charge in [-0.2, -0.15) is 0 Å². The maximum atomic E-state index is 12.2. The van der Waals surface area contributed by atoms with E-state index >= 15 is 0 Å². The molecule has 0 radical (unpaired) electrons. The molecule has 0 aliphatic heterocycles. The van der Waals surface area contributed by atoms with Crippen molar-refractivity contribution in [1.82, 2.24) is 0 Å². The van der Waals surface area contributed by atoms with Crippen molar-refractivity contribution in [3.8, 4) is 17.2 Å². The fourth-order valence-electron chi connectivity index (χ4n) is 1.89. The molecule has 0 spiro atoms. The number of carbonyl (C=O) groups excluding carboxylic acids is 1. The maximum absolute atomic E-state index is 12.2. The van der Waals surface area contributed by atoms with Gasteiger partial charge in [-0.25, -0.2) is 4.79 Å². The summed E-state index contributed by atoms with van der Waals surface area (Å²) in [7, 11) is 1.39. The molecule has 0 aromatic heterocycles. The molecule has 0 atom stereocenters. The summed E-state index contributed by atoms with van der Waals surface area (Å²) in [5.41, 5.74) is -0.111. The van der Waals surface area contributed by atoms with Gasteiger partial charge in [-0.3, -0.25) is 10.1 Å². The third-order valence-electron chi connectivity index (χ3n) is 2.95. The second-order valence-corrected chi connectivity index (χ2v) is 4.44. The Labute approximate surface area is 132 Å². The third-order valence-corrected chi connectivity index (χ3v) is 2.95. The van der Waals surface area contributed by atoms with E-state index in [4.69, 9.17) is 14.2 Å². The van der Waals surface area contributed by atoms with Crippen LogP contribution in [-0.2, 0) is 0 Å². The fraction of sp³-hybridized carbons (Fsp3) is 0.188. The quantitative estimate of drug-likeness (QED) is 0.352. The van der Waals surface area contributed by atoms with E-state index in [1.807, 2.05) is 6.92 Å². The van der Waals surface area contributed by atoms with Gasteiger partial charge in [-0.1, -0.05) is 6.07 Å². The van der Waals surface area contributed by atoms with Crippen LogP contribution in [0.15, 0.2) is 42.5 Å². The molecule has 0 amide bonds. The van der Waals surface area contributed by atoms with Crippen molar-refractivity contribution < 1.29 is 23.9 Å². The molecule has 0 heterocycles. The van der Waals surface area contributed by atoms with Crippen LogP contribution < -0.4 is 14.2 Å². The lowest BCUT2D eigenvalue weighted by Crippen LogP contribution is -2.10. The van der Waals surface area contributed by atoms with Gasteiger partial charge in [-0.05, 0) is 37.3 Å². The van der Waals surface area contributed by atoms with Crippen LogP contribution in [0.4, 0.5) is 5.69 Å². The normalized spacial score (nSPS) is 10.0. The van der Waals surface area contributed by atoms with Gasteiger partial charge in [0.1, 0.15) is 11.5 Å². The van der Waals surface area contributed by atoms with Crippen LogP contribution >= 0.6 is 0 Å². The highest BCUT2D eigenvalue weighted by Crippen LogP contribution is 2.31. The van der Waals surface area contributed by atoms with Crippen molar-refractivity contribution in [3.63, 3.8) is 0 Å². The zero-order chi connectivity index (χ0) is 16.8. The molecular weight excluding hydrogens is 302 g/mol. The van der Waals surface area contributed by atoms with E-state index in [9.17, 15) is 14.9 Å². The third kappa shape index (κ3) is 3.97. The second kappa shape index (κ2) is 7.26. The van der Waals surface area contributed by atoms with Crippen LogP contribution in [0.1, 0.15) is 17.3 Å². The molecule has 7 heteroatoms. The first-order chi connectivity index (χ1) is 11.0. The summed E-state index contributed by atoms with van der Waals surface area (Å²) in [6, 6.07) is 10.4. The number of benzene rings is 2. The molecule has 0 fully saturated rings. The Bertz CT molecular complexity index is 728. The van der Waals surface area contributed by atoms with E-state index < -0.39 is 10.9 Å². The Kier molecular flexibility index (Phi) is 5.14. The largest absolute Gasteiger partial charge is 0.496 e. The van der Waals surface area contributed by atoms with Crippen molar-refractivity contribution in [2.45, 2.75) is 6.92 Å². The van der Waals surface area contributed by atoms with E-state index in [2.05, 4.69) is 0 Å². The van der Waals surface area contributed by atoms with E-state index in [0.717, 1.165) is 0 Å². The molecule has 0 unspecified atom stereocenters. The average Bonchev–Trinajstić information content (AvgIpc) is 2.55. The highest BCUT2D eigenvalue weighted by Gasteiger charge is 2.20. The maximum Gasteiger partial charge on any atom is 0.343 e. The molecule has 0 bridgehead atoms. The number of nitrogens with zero attached hydrogens (tertiary/aromatic N) is 1. The molecular formula is C16H15NO6. The van der Waals surface area contributed by atoms with Gasteiger partial charge in [0, 0.05) is 0 Å². The molecule has 0 N–H and O–H groups in total. The lowest BCUT2D eigenvalue weighted by Gasteiger charge is -2.08. The van der Waals surface area contributed by atoms with Crippen molar-refractivity contribution >= 4 is 11.7 Å². The summed E-state index contributed by atoms with van der Waals surface area (Å²) in [4.78, 5) is 22.6. The van der Waals surface area contributed by atoms with Crippen LogP contribution in [0.2, 0.25) is 0 Å². The van der Waals surface area contributed by atoms with E-state index in [-0.39, 0.29) is 17.0 Å². The molecule has 0 saturated heterocycles. The summed E-state index contributed by atoms with van der Waals surface area (Å²) in [5, 5.41) is 11.1. The first-order valence-corrected chi connectivity index (χ1v) is 6.82. The number of nitro benzene ring substituents is 1. The first-order valence-electron chi connectivity index (χ1n) is 6.82. The number of hydrogen-bond acceptors (Lipinski definition) is 6. The molecule has 0 aliphatic rings. The van der Waals surface area contributed by atoms with E-state index in [1.165, 1.54) is 31.4 Å². The summed E-state index contributed by atoms with van der Waals surface area (Å²) in [6.45, 7) is 2.29. The minimum atomic E-state index is -0.709. The molecule has 7 nitrogen and oxygen atoms in total. The highest BCUT2D eigenvalue weighted by molar-refractivity contribution is 5.92. The molecule has 2 aromatic rings. The van der Waals surface area contributed by atoms with E-state index in [1.54, 1.807) is 18.2 Å². The lowest BCUT2D eigenvalue weighted by atomic mass is 10.2. The topological polar surface area (TPSA) is 87.9 Å². The number of carbonyl (C=O) groups is 1. The van der Waals surface area contributed by atoms with Crippen LogP contribution in [-0.4, -0.2) is 24.6 Å². The Balaban J connectivity index is 2.26. The van der Waals surface area contributed by atoms with Gasteiger partial charge in [0.2, 0.25) is 5.75 Å². The van der Waals surface area contributed by atoms with Gasteiger partial charge in [0.05, 0.1) is 30.3 Å². The van der Waals surface area contributed by atoms with Gasteiger partial charge < -0.3 is 14.2 Å². The number of hydrogen-bond donors (Lipinski definition) is 0. The Morgan fingerprint density at radius 3 is 2.61 bits per heavy atom. The van der Waals surface area contributed by atoms with Crippen LogP contribution in [0.25, 0.3) is 0 Å². The summed E-state index contributed by atoms with van der Waals surface area (Å²) in [6.07, 6.45) is 0. The number of methoxy groups -OCH3 is 1. The van der Waals surface area contributed by atoms with Crippen LogP contribution in [0, 0.1) is 10.1 Å². The molecule has 2 rings (SSSR count). The zero-order valence-corrected chi connectivity index (χ0v) is 12.6.